The van der Waals surface area contributed by atoms with Crippen LogP contribution in [0.1, 0.15) is 110 Å². The first-order chi connectivity index (χ1) is 23.2. The number of nitrogens with one attached hydrogen (secondary N) is 2. The van der Waals surface area contributed by atoms with Gasteiger partial charge in [-0.15, -0.1) is 0 Å². The van der Waals surface area contributed by atoms with Crippen LogP contribution >= 0.6 is 11.8 Å². The van der Waals surface area contributed by atoms with E-state index in [1.165, 1.54) is 0 Å². The zero-order chi connectivity index (χ0) is 37.8. The molecule has 0 saturated carbocycles. The van der Waals surface area contributed by atoms with Gasteiger partial charge in [0.2, 0.25) is 11.8 Å². The fourth-order valence-corrected chi connectivity index (χ4v) is 6.12. The van der Waals surface area contributed by atoms with Gasteiger partial charge in [0, 0.05) is 12.5 Å². The van der Waals surface area contributed by atoms with Gasteiger partial charge >= 0.3 is 12.1 Å². The van der Waals surface area contributed by atoms with Crippen LogP contribution in [0.2, 0.25) is 0 Å². The first-order valence-corrected chi connectivity index (χ1v) is 19.1. The van der Waals surface area contributed by atoms with Crippen molar-refractivity contribution in [2.75, 3.05) is 12.0 Å². The van der Waals surface area contributed by atoms with E-state index in [0.717, 1.165) is 23.1 Å². The molecule has 2 aromatic rings. The predicted octanol–water partition coefficient (Wildman–Crippen LogP) is 7.71. The topological polar surface area (TPSA) is 114 Å². The van der Waals surface area contributed by atoms with Crippen LogP contribution in [0.25, 0.3) is 0 Å². The molecule has 9 nitrogen and oxygen atoms in total. The van der Waals surface area contributed by atoms with Gasteiger partial charge in [0.25, 0.3) is 0 Å². The lowest BCUT2D eigenvalue weighted by Gasteiger charge is -2.40. The van der Waals surface area contributed by atoms with E-state index in [2.05, 4.69) is 24.5 Å². The minimum Gasteiger partial charge on any atom is -0.458 e. The number of hydrogen-bond acceptors (Lipinski definition) is 7. The van der Waals surface area contributed by atoms with Crippen molar-refractivity contribution in [2.24, 2.45) is 5.92 Å². The third-order valence-electron chi connectivity index (χ3n) is 8.03. The van der Waals surface area contributed by atoms with Crippen LogP contribution in [0.3, 0.4) is 0 Å². The number of rotatable bonds is 16. The summed E-state index contributed by atoms with van der Waals surface area (Å²) in [4.78, 5) is 58.1. The number of carbonyl (C=O) groups excluding carboxylic acids is 4. The van der Waals surface area contributed by atoms with Gasteiger partial charge in [0.15, 0.2) is 0 Å². The third-order valence-corrected chi connectivity index (χ3v) is 8.67. The Hall–Kier alpha value is -3.53. The summed E-state index contributed by atoms with van der Waals surface area (Å²) in [5, 5.41) is 5.84. The van der Waals surface area contributed by atoms with Crippen LogP contribution in [-0.2, 0) is 30.3 Å². The van der Waals surface area contributed by atoms with Crippen molar-refractivity contribution in [3.05, 3.63) is 70.8 Å². The smallest absolute Gasteiger partial charge is 0.408 e. The van der Waals surface area contributed by atoms with Gasteiger partial charge in [-0.1, -0.05) is 67.9 Å². The van der Waals surface area contributed by atoms with E-state index in [1.807, 2.05) is 75.6 Å². The first kappa shape index (κ1) is 42.6. The molecule has 2 N–H and O–H groups in total. The maximum atomic E-state index is 14.9. The lowest BCUT2D eigenvalue weighted by molar-refractivity contribution is -0.159. The molecule has 0 aliphatic heterocycles. The lowest BCUT2D eigenvalue weighted by atomic mass is 9.93. The van der Waals surface area contributed by atoms with Crippen molar-refractivity contribution < 1.29 is 28.7 Å². The molecule has 0 fully saturated rings. The van der Waals surface area contributed by atoms with Crippen LogP contribution in [-0.4, -0.2) is 70.1 Å². The van der Waals surface area contributed by atoms with E-state index in [0.29, 0.717) is 30.1 Å². The molecular weight excluding hydrogens is 651 g/mol. The molecule has 3 amide bonds. The van der Waals surface area contributed by atoms with Gasteiger partial charge in [0.1, 0.15) is 29.3 Å². The highest BCUT2D eigenvalue weighted by molar-refractivity contribution is 7.98. The van der Waals surface area contributed by atoms with Crippen molar-refractivity contribution in [3.8, 4) is 0 Å². The zero-order valence-corrected chi connectivity index (χ0v) is 33.2. The minimum absolute atomic E-state index is 0.203. The van der Waals surface area contributed by atoms with E-state index in [-0.39, 0.29) is 6.42 Å². The monoisotopic (exact) mass is 711 g/mol. The summed E-state index contributed by atoms with van der Waals surface area (Å²) in [5.74, 6) is -0.507. The summed E-state index contributed by atoms with van der Waals surface area (Å²) in [5.41, 5.74) is 1.78. The number of alkyl carbamates (subject to hydrolysis) is 1. The summed E-state index contributed by atoms with van der Waals surface area (Å²) in [6.07, 6.45) is 3.21. The second-order valence-corrected chi connectivity index (χ2v) is 16.6. The van der Waals surface area contributed by atoms with Gasteiger partial charge in [-0.25, -0.2) is 9.59 Å². The largest absolute Gasteiger partial charge is 0.458 e. The number of amides is 3. The van der Waals surface area contributed by atoms with Crippen molar-refractivity contribution in [1.29, 1.82) is 0 Å². The number of hydrogen-bond donors (Lipinski definition) is 2. The summed E-state index contributed by atoms with van der Waals surface area (Å²) in [6, 6.07) is 11.7. The molecule has 2 aromatic carbocycles. The number of nitrogens with zero attached hydrogens (tertiary/aromatic N) is 1. The van der Waals surface area contributed by atoms with Crippen LogP contribution in [0.4, 0.5) is 4.79 Å². The summed E-state index contributed by atoms with van der Waals surface area (Å²) >= 11 is 1.56. The molecule has 0 heterocycles. The SMILES string of the molecule is CSCCC(NC(=O)OC(C)(C)C)C(=O)N(C(C)CCC(C)C)C(C(=O)NC(Cc1ccccc1)C(=O)OC(C)(C)C)c1ccc(C)cc1C. The molecule has 0 bridgehead atoms. The van der Waals surface area contributed by atoms with E-state index in [4.69, 9.17) is 9.47 Å². The zero-order valence-electron chi connectivity index (χ0n) is 32.3. The molecular formula is C40H61N3O6S. The summed E-state index contributed by atoms with van der Waals surface area (Å²) in [6.45, 7) is 20.7. The second-order valence-electron chi connectivity index (χ2n) is 15.6. The average molecular weight is 712 g/mol. The quantitative estimate of drug-likeness (QED) is 0.172. The van der Waals surface area contributed by atoms with E-state index in [1.54, 1.807) is 58.2 Å². The molecule has 10 heteroatoms. The highest BCUT2D eigenvalue weighted by Crippen LogP contribution is 2.31. The van der Waals surface area contributed by atoms with Gasteiger partial charge in [-0.2, -0.15) is 11.8 Å². The third kappa shape index (κ3) is 14.4. The van der Waals surface area contributed by atoms with E-state index < -0.39 is 59.2 Å². The van der Waals surface area contributed by atoms with Gasteiger partial charge in [-0.05, 0) is 116 Å². The number of thioether (sulfide) groups is 1. The molecule has 4 unspecified atom stereocenters. The Morgan fingerprint density at radius 3 is 1.96 bits per heavy atom. The van der Waals surface area contributed by atoms with Crippen molar-refractivity contribution in [1.82, 2.24) is 15.5 Å². The van der Waals surface area contributed by atoms with Crippen LogP contribution in [0.5, 0.6) is 0 Å². The highest BCUT2D eigenvalue weighted by atomic mass is 32.2. The lowest BCUT2D eigenvalue weighted by Crippen LogP contribution is -2.57. The Kier molecular flexibility index (Phi) is 16.4. The van der Waals surface area contributed by atoms with Crippen molar-refractivity contribution in [2.45, 2.75) is 137 Å². The van der Waals surface area contributed by atoms with Crippen LogP contribution < -0.4 is 10.6 Å². The maximum absolute atomic E-state index is 14.9. The number of esters is 1. The van der Waals surface area contributed by atoms with Crippen LogP contribution in [0.15, 0.2) is 48.5 Å². The van der Waals surface area contributed by atoms with Crippen molar-refractivity contribution in [3.63, 3.8) is 0 Å². The normalized spacial score (nSPS) is 14.3. The molecule has 0 saturated heterocycles. The standard InChI is InChI=1S/C40H61N3O6S/c1-26(2)18-20-29(5)43(36(45)32(22-23-50-12)42-38(47)49-40(9,10)11)34(31-21-19-27(3)24-28(31)4)35(44)41-33(37(46)48-39(6,7)8)25-30-16-14-13-15-17-30/h13-17,19,21,24,26,29,32-34H,18,20,22-23,25H2,1-12H3,(H,41,44)(H,42,47). The average Bonchev–Trinajstić information content (AvgIpc) is 2.99. The molecule has 2 rings (SSSR count). The fourth-order valence-electron chi connectivity index (χ4n) is 5.65. The second kappa shape index (κ2) is 19.2. The number of carbonyl (C=O) groups is 4. The molecule has 0 aromatic heterocycles. The number of ether oxygens (including phenoxy) is 2. The number of aryl methyl sites for hydroxylation is 2. The Bertz CT molecular complexity index is 1420. The summed E-state index contributed by atoms with van der Waals surface area (Å²) < 4.78 is 11.3. The molecule has 0 spiro atoms. The minimum atomic E-state index is -1.11. The number of benzene rings is 2. The van der Waals surface area contributed by atoms with Gasteiger partial charge < -0.3 is 25.0 Å². The molecule has 4 atom stereocenters. The van der Waals surface area contributed by atoms with Gasteiger partial charge in [0.05, 0.1) is 0 Å². The van der Waals surface area contributed by atoms with Crippen molar-refractivity contribution >= 4 is 35.6 Å². The Morgan fingerprint density at radius 2 is 1.42 bits per heavy atom. The van der Waals surface area contributed by atoms with E-state index in [9.17, 15) is 19.2 Å². The van der Waals surface area contributed by atoms with Crippen LogP contribution in [0, 0.1) is 19.8 Å². The molecule has 0 radical (unpaired) electrons. The van der Waals surface area contributed by atoms with Gasteiger partial charge in [-0.3, -0.25) is 9.59 Å². The Labute approximate surface area is 305 Å². The predicted molar refractivity (Wildman–Crippen MR) is 203 cm³/mol. The summed E-state index contributed by atoms with van der Waals surface area (Å²) in [7, 11) is 0. The molecule has 50 heavy (non-hydrogen) atoms. The highest BCUT2D eigenvalue weighted by Gasteiger charge is 2.41. The fraction of sp³-hybridized carbons (Fsp3) is 0.600. The molecule has 278 valence electrons. The first-order valence-electron chi connectivity index (χ1n) is 17.7. The Morgan fingerprint density at radius 1 is 0.800 bits per heavy atom. The molecule has 0 aliphatic carbocycles. The Balaban J connectivity index is 2.75. The van der Waals surface area contributed by atoms with E-state index >= 15 is 0 Å². The molecule has 0 aliphatic rings. The maximum Gasteiger partial charge on any atom is 0.408 e.